The van der Waals surface area contributed by atoms with E-state index in [4.69, 9.17) is 14.5 Å². The Balaban J connectivity index is 1.46. The molecular formula is C17H25N3O2. The van der Waals surface area contributed by atoms with Crippen LogP contribution >= 0.6 is 0 Å². The standard InChI is InChI=1S/C17H25N3O2/c1-19(9-11-21-13-14-6-5-10-22-14)12-17-18-15-7-3-4-8-16(15)20(17)2/h3-4,7-8,14H,5-6,9-13H2,1-2H3. The molecule has 1 aromatic carbocycles. The van der Waals surface area contributed by atoms with Crippen molar-refractivity contribution in [3.05, 3.63) is 30.1 Å². The van der Waals surface area contributed by atoms with Crippen molar-refractivity contribution in [3.63, 3.8) is 0 Å². The first-order valence-electron chi connectivity index (χ1n) is 8.02. The molecule has 0 amide bonds. The van der Waals surface area contributed by atoms with Crippen molar-refractivity contribution in [2.24, 2.45) is 7.05 Å². The first kappa shape index (κ1) is 15.5. The van der Waals surface area contributed by atoms with Crippen LogP contribution in [-0.2, 0) is 23.1 Å². The lowest BCUT2D eigenvalue weighted by Crippen LogP contribution is -2.26. The summed E-state index contributed by atoms with van der Waals surface area (Å²) in [6, 6.07) is 8.25. The molecule has 0 aliphatic carbocycles. The largest absolute Gasteiger partial charge is 0.377 e. The second-order valence-electron chi connectivity index (χ2n) is 6.02. The van der Waals surface area contributed by atoms with E-state index in [9.17, 15) is 0 Å². The molecule has 1 aromatic heterocycles. The van der Waals surface area contributed by atoms with Gasteiger partial charge in [0.15, 0.2) is 0 Å². The molecule has 1 aliphatic rings. The lowest BCUT2D eigenvalue weighted by Gasteiger charge is -2.17. The Morgan fingerprint density at radius 2 is 2.27 bits per heavy atom. The van der Waals surface area contributed by atoms with E-state index >= 15 is 0 Å². The normalized spacial score (nSPS) is 18.6. The summed E-state index contributed by atoms with van der Waals surface area (Å²) in [5, 5.41) is 0. The second kappa shape index (κ2) is 7.22. The third-order valence-electron chi connectivity index (χ3n) is 4.24. The number of hydrogen-bond acceptors (Lipinski definition) is 4. The fourth-order valence-corrected chi connectivity index (χ4v) is 2.87. The van der Waals surface area contributed by atoms with Crippen molar-refractivity contribution in [2.75, 3.05) is 33.4 Å². The van der Waals surface area contributed by atoms with Crippen LogP contribution in [0.1, 0.15) is 18.7 Å². The third-order valence-corrected chi connectivity index (χ3v) is 4.24. The van der Waals surface area contributed by atoms with Crippen molar-refractivity contribution in [1.29, 1.82) is 0 Å². The quantitative estimate of drug-likeness (QED) is 0.735. The molecule has 1 fully saturated rings. The maximum absolute atomic E-state index is 5.72. The fourth-order valence-electron chi connectivity index (χ4n) is 2.87. The Morgan fingerprint density at radius 1 is 1.41 bits per heavy atom. The number of imidazole rings is 1. The second-order valence-corrected chi connectivity index (χ2v) is 6.02. The highest BCUT2D eigenvalue weighted by molar-refractivity contribution is 5.75. The molecule has 0 radical (unpaired) electrons. The molecule has 5 heteroatoms. The summed E-state index contributed by atoms with van der Waals surface area (Å²) in [5.74, 6) is 1.09. The Morgan fingerprint density at radius 3 is 3.05 bits per heavy atom. The van der Waals surface area contributed by atoms with E-state index in [-0.39, 0.29) is 0 Å². The Bertz CT molecular complexity index is 605. The summed E-state index contributed by atoms with van der Waals surface area (Å²) in [5.41, 5.74) is 2.24. The van der Waals surface area contributed by atoms with Crippen molar-refractivity contribution in [2.45, 2.75) is 25.5 Å². The van der Waals surface area contributed by atoms with Crippen molar-refractivity contribution < 1.29 is 9.47 Å². The van der Waals surface area contributed by atoms with E-state index in [1.807, 2.05) is 6.07 Å². The zero-order chi connectivity index (χ0) is 15.4. The topological polar surface area (TPSA) is 39.5 Å². The minimum atomic E-state index is 0.310. The SMILES string of the molecule is CN(CCOCC1CCCO1)Cc1nc2ccccc2n1C. The van der Waals surface area contributed by atoms with Gasteiger partial charge in [0.25, 0.3) is 0 Å². The number of fused-ring (bicyclic) bond motifs is 1. The number of hydrogen-bond donors (Lipinski definition) is 0. The predicted octanol–water partition coefficient (Wildman–Crippen LogP) is 2.20. The summed E-state index contributed by atoms with van der Waals surface area (Å²) in [4.78, 5) is 6.95. The molecule has 0 N–H and O–H groups in total. The van der Waals surface area contributed by atoms with Gasteiger partial charge < -0.3 is 14.0 Å². The summed E-state index contributed by atoms with van der Waals surface area (Å²) in [6.45, 7) is 4.07. The summed E-state index contributed by atoms with van der Waals surface area (Å²) < 4.78 is 13.4. The van der Waals surface area contributed by atoms with Crippen LogP contribution in [0.3, 0.4) is 0 Å². The minimum Gasteiger partial charge on any atom is -0.377 e. The maximum Gasteiger partial charge on any atom is 0.123 e. The van der Waals surface area contributed by atoms with Gasteiger partial charge in [-0.05, 0) is 32.0 Å². The number of ether oxygens (including phenoxy) is 2. The summed E-state index contributed by atoms with van der Waals surface area (Å²) in [6.07, 6.45) is 2.61. The lowest BCUT2D eigenvalue weighted by atomic mass is 10.2. The number of rotatable bonds is 7. The van der Waals surface area contributed by atoms with Gasteiger partial charge in [-0.15, -0.1) is 0 Å². The molecule has 120 valence electrons. The number of aromatic nitrogens is 2. The van der Waals surface area contributed by atoms with Gasteiger partial charge in [0, 0.05) is 20.2 Å². The molecule has 22 heavy (non-hydrogen) atoms. The molecule has 2 heterocycles. The predicted molar refractivity (Wildman–Crippen MR) is 86.8 cm³/mol. The van der Waals surface area contributed by atoms with Crippen LogP contribution in [0.5, 0.6) is 0 Å². The molecule has 0 bridgehead atoms. The number of aryl methyl sites for hydroxylation is 1. The third kappa shape index (κ3) is 3.66. The minimum absolute atomic E-state index is 0.310. The molecule has 2 aromatic rings. The van der Waals surface area contributed by atoms with Gasteiger partial charge in [0.05, 0.1) is 36.9 Å². The molecule has 1 unspecified atom stereocenters. The number of likely N-dealkylation sites (N-methyl/N-ethyl adjacent to an activating group) is 1. The van der Waals surface area contributed by atoms with Gasteiger partial charge in [0.2, 0.25) is 0 Å². The first-order chi connectivity index (χ1) is 10.7. The molecule has 5 nitrogen and oxygen atoms in total. The molecule has 1 saturated heterocycles. The van der Waals surface area contributed by atoms with E-state index in [1.165, 1.54) is 11.9 Å². The Kier molecular flexibility index (Phi) is 5.08. The van der Waals surface area contributed by atoms with E-state index in [1.54, 1.807) is 0 Å². The number of nitrogens with zero attached hydrogens (tertiary/aromatic N) is 3. The van der Waals surface area contributed by atoms with E-state index in [0.717, 1.165) is 50.7 Å². The highest BCUT2D eigenvalue weighted by atomic mass is 16.5. The van der Waals surface area contributed by atoms with Crippen molar-refractivity contribution >= 4 is 11.0 Å². The zero-order valence-electron chi connectivity index (χ0n) is 13.5. The van der Waals surface area contributed by atoms with Crippen LogP contribution in [0.15, 0.2) is 24.3 Å². The average molecular weight is 303 g/mol. The van der Waals surface area contributed by atoms with Crippen LogP contribution < -0.4 is 0 Å². The maximum atomic E-state index is 5.72. The molecule has 1 atom stereocenters. The summed E-state index contributed by atoms with van der Waals surface area (Å²) >= 11 is 0. The fraction of sp³-hybridized carbons (Fsp3) is 0.588. The molecule has 1 aliphatic heterocycles. The van der Waals surface area contributed by atoms with E-state index in [0.29, 0.717) is 6.10 Å². The van der Waals surface area contributed by atoms with E-state index in [2.05, 4.69) is 41.8 Å². The number of para-hydroxylation sites is 2. The molecule has 3 rings (SSSR count). The zero-order valence-corrected chi connectivity index (χ0v) is 13.5. The molecular weight excluding hydrogens is 278 g/mol. The van der Waals surface area contributed by atoms with E-state index < -0.39 is 0 Å². The van der Waals surface area contributed by atoms with Crippen LogP contribution in [0, 0.1) is 0 Å². The van der Waals surface area contributed by atoms with Crippen molar-refractivity contribution in [3.8, 4) is 0 Å². The lowest BCUT2D eigenvalue weighted by molar-refractivity contribution is 0.0115. The molecule has 0 spiro atoms. The monoisotopic (exact) mass is 303 g/mol. The first-order valence-corrected chi connectivity index (χ1v) is 8.02. The smallest absolute Gasteiger partial charge is 0.123 e. The highest BCUT2D eigenvalue weighted by Crippen LogP contribution is 2.15. The average Bonchev–Trinajstić information content (AvgIpc) is 3.13. The highest BCUT2D eigenvalue weighted by Gasteiger charge is 2.15. The summed E-state index contributed by atoms with van der Waals surface area (Å²) in [7, 11) is 4.18. The van der Waals surface area contributed by atoms with Crippen molar-refractivity contribution in [1.82, 2.24) is 14.5 Å². The number of benzene rings is 1. The van der Waals surface area contributed by atoms with Gasteiger partial charge in [-0.3, -0.25) is 4.90 Å². The van der Waals surface area contributed by atoms with Gasteiger partial charge in [0.1, 0.15) is 5.82 Å². The van der Waals surface area contributed by atoms with Crippen LogP contribution in [0.25, 0.3) is 11.0 Å². The van der Waals surface area contributed by atoms with Crippen LogP contribution in [0.2, 0.25) is 0 Å². The van der Waals surface area contributed by atoms with Crippen LogP contribution in [-0.4, -0.2) is 54.0 Å². The Labute approximate surface area is 131 Å². The van der Waals surface area contributed by atoms with Gasteiger partial charge in [-0.2, -0.15) is 0 Å². The van der Waals surface area contributed by atoms with Crippen LogP contribution in [0.4, 0.5) is 0 Å². The van der Waals surface area contributed by atoms with Gasteiger partial charge in [-0.1, -0.05) is 12.1 Å². The Hall–Kier alpha value is -1.43. The van der Waals surface area contributed by atoms with Gasteiger partial charge in [-0.25, -0.2) is 4.98 Å². The molecule has 0 saturated carbocycles. The van der Waals surface area contributed by atoms with Gasteiger partial charge >= 0.3 is 0 Å².